The molecule has 8 heteroatoms. The van der Waals surface area contributed by atoms with Gasteiger partial charge in [-0.05, 0) is 24.7 Å². The molecule has 25 heavy (non-hydrogen) atoms. The summed E-state index contributed by atoms with van der Waals surface area (Å²) in [4.78, 5) is 45.9. The van der Waals surface area contributed by atoms with Crippen LogP contribution in [-0.2, 0) is 19.2 Å². The minimum atomic E-state index is -1.09. The van der Waals surface area contributed by atoms with E-state index in [1.807, 2.05) is 27.7 Å². The van der Waals surface area contributed by atoms with Crippen LogP contribution in [0, 0.1) is 17.8 Å². The van der Waals surface area contributed by atoms with Crippen molar-refractivity contribution in [3.05, 3.63) is 0 Å². The molecule has 0 radical (unpaired) electrons. The highest BCUT2D eigenvalue weighted by atomic mass is 16.4. The number of hydrogen-bond acceptors (Lipinski definition) is 4. The number of carbonyl (C=O) groups is 4. The molecule has 8 nitrogen and oxygen atoms in total. The quantitative estimate of drug-likeness (QED) is 0.415. The smallest absolute Gasteiger partial charge is 0.326 e. The van der Waals surface area contributed by atoms with Gasteiger partial charge in [-0.25, -0.2) is 4.79 Å². The van der Waals surface area contributed by atoms with E-state index in [-0.39, 0.29) is 31.2 Å². The van der Waals surface area contributed by atoms with Crippen LogP contribution >= 0.6 is 0 Å². The maximum absolute atomic E-state index is 12.1. The maximum Gasteiger partial charge on any atom is 0.326 e. The van der Waals surface area contributed by atoms with E-state index in [9.17, 15) is 19.2 Å². The number of carboxylic acids is 2. The van der Waals surface area contributed by atoms with Gasteiger partial charge in [-0.3, -0.25) is 14.4 Å². The summed E-state index contributed by atoms with van der Waals surface area (Å²) >= 11 is 0. The summed E-state index contributed by atoms with van der Waals surface area (Å²) < 4.78 is 0. The van der Waals surface area contributed by atoms with Crippen LogP contribution < -0.4 is 10.6 Å². The first-order valence-electron chi connectivity index (χ1n) is 8.54. The van der Waals surface area contributed by atoms with E-state index in [4.69, 9.17) is 10.2 Å². The van der Waals surface area contributed by atoms with Gasteiger partial charge >= 0.3 is 11.9 Å². The summed E-state index contributed by atoms with van der Waals surface area (Å²) in [5, 5.41) is 23.0. The highest BCUT2D eigenvalue weighted by molar-refractivity contribution is 5.85. The Balaban J connectivity index is 4.41. The van der Waals surface area contributed by atoms with Crippen LogP contribution in [0.1, 0.15) is 53.4 Å². The molecule has 2 atom stereocenters. The van der Waals surface area contributed by atoms with E-state index < -0.39 is 35.7 Å². The van der Waals surface area contributed by atoms with Crippen molar-refractivity contribution in [2.45, 2.75) is 59.4 Å². The fourth-order valence-corrected chi connectivity index (χ4v) is 2.47. The van der Waals surface area contributed by atoms with Crippen LogP contribution in [0.3, 0.4) is 0 Å². The predicted molar refractivity (Wildman–Crippen MR) is 91.8 cm³/mol. The van der Waals surface area contributed by atoms with Gasteiger partial charge in [-0.2, -0.15) is 0 Å². The first-order valence-corrected chi connectivity index (χ1v) is 8.54. The molecule has 0 heterocycles. The highest BCUT2D eigenvalue weighted by Crippen LogP contribution is 2.15. The van der Waals surface area contributed by atoms with Gasteiger partial charge in [0.15, 0.2) is 0 Å². The zero-order valence-electron chi connectivity index (χ0n) is 15.4. The topological polar surface area (TPSA) is 133 Å². The van der Waals surface area contributed by atoms with Crippen molar-refractivity contribution in [3.8, 4) is 0 Å². The number of rotatable bonds is 12. The molecular formula is C17H30N2O6. The molecule has 1 unspecified atom stereocenters. The minimum absolute atomic E-state index is 0.0346. The molecule has 0 aromatic rings. The van der Waals surface area contributed by atoms with Crippen LogP contribution in [0.5, 0.6) is 0 Å². The lowest BCUT2D eigenvalue weighted by Crippen LogP contribution is -2.43. The van der Waals surface area contributed by atoms with E-state index in [2.05, 4.69) is 10.6 Å². The maximum atomic E-state index is 12.1. The number of carbonyl (C=O) groups excluding carboxylic acids is 2. The van der Waals surface area contributed by atoms with Gasteiger partial charge in [0.05, 0.1) is 6.42 Å². The fourth-order valence-electron chi connectivity index (χ4n) is 2.47. The molecule has 4 N–H and O–H groups in total. The summed E-state index contributed by atoms with van der Waals surface area (Å²) in [7, 11) is 0. The second-order valence-corrected chi connectivity index (χ2v) is 7.05. The van der Waals surface area contributed by atoms with Crippen molar-refractivity contribution in [1.29, 1.82) is 0 Å². The Labute approximate surface area is 148 Å². The molecule has 144 valence electrons. The predicted octanol–water partition coefficient (Wildman–Crippen LogP) is 1.25. The Morgan fingerprint density at radius 3 is 1.92 bits per heavy atom. The fraction of sp³-hybridized carbons (Fsp3) is 0.765. The summed E-state index contributed by atoms with van der Waals surface area (Å²) in [6.07, 6.45) is 0.448. The summed E-state index contributed by atoms with van der Waals surface area (Å²) in [5.41, 5.74) is 0. The van der Waals surface area contributed by atoms with Crippen molar-refractivity contribution in [3.63, 3.8) is 0 Å². The first-order chi connectivity index (χ1) is 11.5. The third-order valence-corrected chi connectivity index (χ3v) is 3.54. The Kier molecular flexibility index (Phi) is 10.5. The van der Waals surface area contributed by atoms with Gasteiger partial charge in [-0.1, -0.05) is 27.7 Å². The summed E-state index contributed by atoms with van der Waals surface area (Å²) in [6.45, 7) is 7.55. The molecule has 0 fully saturated rings. The zero-order chi connectivity index (χ0) is 19.6. The van der Waals surface area contributed by atoms with E-state index in [1.165, 1.54) is 0 Å². The SMILES string of the molecule is CC(C)CC(CC(=O)O)C(=O)NCCC(=O)N[C@@H](CC(C)C)C(=O)O. The molecule has 0 aliphatic carbocycles. The van der Waals surface area contributed by atoms with Crippen molar-refractivity contribution in [1.82, 2.24) is 10.6 Å². The molecule has 0 saturated heterocycles. The number of aliphatic carboxylic acids is 2. The standard InChI is InChI=1S/C17H30N2O6/c1-10(2)7-12(9-15(21)22)16(23)18-6-5-14(20)19-13(17(24)25)8-11(3)4/h10-13H,5-9H2,1-4H3,(H,18,23)(H,19,20)(H,21,22)(H,24,25)/t12?,13-/m0/s1. The number of amides is 2. The number of nitrogens with one attached hydrogen (secondary N) is 2. The molecular weight excluding hydrogens is 328 g/mol. The van der Waals surface area contributed by atoms with Crippen molar-refractivity contribution < 1.29 is 29.4 Å². The molecule has 2 amide bonds. The van der Waals surface area contributed by atoms with Gasteiger partial charge in [0.2, 0.25) is 11.8 Å². The van der Waals surface area contributed by atoms with Gasteiger partial charge in [0, 0.05) is 18.9 Å². The van der Waals surface area contributed by atoms with Gasteiger partial charge < -0.3 is 20.8 Å². The Bertz CT molecular complexity index is 476. The van der Waals surface area contributed by atoms with Crippen LogP contribution in [-0.4, -0.2) is 46.6 Å². The van der Waals surface area contributed by atoms with E-state index in [0.29, 0.717) is 12.8 Å². The second kappa shape index (κ2) is 11.4. The van der Waals surface area contributed by atoms with Crippen molar-refractivity contribution >= 4 is 23.8 Å². The van der Waals surface area contributed by atoms with Crippen molar-refractivity contribution in [2.75, 3.05) is 6.54 Å². The van der Waals surface area contributed by atoms with Crippen LogP contribution in [0.4, 0.5) is 0 Å². The molecule has 0 aliphatic rings. The van der Waals surface area contributed by atoms with Crippen LogP contribution in [0.15, 0.2) is 0 Å². The third-order valence-electron chi connectivity index (χ3n) is 3.54. The lowest BCUT2D eigenvalue weighted by atomic mass is 9.93. The normalized spacial score (nSPS) is 13.4. The first kappa shape index (κ1) is 22.9. The molecule has 0 spiro atoms. The Morgan fingerprint density at radius 2 is 1.48 bits per heavy atom. The average molecular weight is 358 g/mol. The van der Waals surface area contributed by atoms with Gasteiger partial charge in [-0.15, -0.1) is 0 Å². The highest BCUT2D eigenvalue weighted by Gasteiger charge is 2.23. The molecule has 0 aromatic heterocycles. The minimum Gasteiger partial charge on any atom is -0.481 e. The largest absolute Gasteiger partial charge is 0.481 e. The van der Waals surface area contributed by atoms with E-state index in [1.54, 1.807) is 0 Å². The Hall–Kier alpha value is -2.12. The summed E-state index contributed by atoms with van der Waals surface area (Å²) in [6, 6.07) is -0.955. The van der Waals surface area contributed by atoms with E-state index in [0.717, 1.165) is 0 Å². The van der Waals surface area contributed by atoms with Gasteiger partial charge in [0.1, 0.15) is 6.04 Å². The average Bonchev–Trinajstić information content (AvgIpc) is 2.44. The lowest BCUT2D eigenvalue weighted by Gasteiger charge is -2.18. The monoisotopic (exact) mass is 358 g/mol. The van der Waals surface area contributed by atoms with Crippen LogP contribution in [0.25, 0.3) is 0 Å². The second-order valence-electron chi connectivity index (χ2n) is 7.05. The number of hydrogen-bond donors (Lipinski definition) is 4. The zero-order valence-corrected chi connectivity index (χ0v) is 15.4. The Morgan fingerprint density at radius 1 is 0.920 bits per heavy atom. The summed E-state index contributed by atoms with van der Waals surface area (Å²) in [5.74, 6) is -3.36. The lowest BCUT2D eigenvalue weighted by molar-refractivity contribution is -0.142. The molecule has 0 bridgehead atoms. The van der Waals surface area contributed by atoms with E-state index >= 15 is 0 Å². The number of carboxylic acid groups (broad SMARTS) is 2. The molecule has 0 rings (SSSR count). The van der Waals surface area contributed by atoms with Gasteiger partial charge in [0.25, 0.3) is 0 Å². The third kappa shape index (κ3) is 11.1. The van der Waals surface area contributed by atoms with Crippen molar-refractivity contribution in [2.24, 2.45) is 17.8 Å². The molecule has 0 saturated carbocycles. The molecule has 0 aromatic carbocycles. The van der Waals surface area contributed by atoms with Crippen LogP contribution in [0.2, 0.25) is 0 Å². The molecule has 0 aliphatic heterocycles.